The van der Waals surface area contributed by atoms with Crippen LogP contribution in [-0.4, -0.2) is 18.4 Å². The molecule has 0 radical (unpaired) electrons. The van der Waals surface area contributed by atoms with Gasteiger partial charge in [-0.25, -0.2) is 18.4 Å². The first-order chi connectivity index (χ1) is 5.18. The number of nitrogens with zero attached hydrogens (tertiary/aromatic N) is 2. The Labute approximate surface area is 73.8 Å². The van der Waals surface area contributed by atoms with Crippen LogP contribution in [0.15, 0.2) is 16.9 Å². The standard InChI is InChI=1S/C5H5BrN2O2S/c6-4-1-7-5(8-2-4)3-11(9)10/h1-2,11H,3H2. The van der Waals surface area contributed by atoms with Gasteiger partial charge in [0.05, 0.1) is 4.47 Å². The van der Waals surface area contributed by atoms with Crippen LogP contribution in [0.2, 0.25) is 0 Å². The fourth-order valence-electron chi connectivity index (χ4n) is 0.536. The molecule has 6 heteroatoms. The third-order valence-electron chi connectivity index (χ3n) is 0.944. The van der Waals surface area contributed by atoms with Crippen molar-refractivity contribution in [2.45, 2.75) is 5.75 Å². The number of thiol groups is 1. The molecule has 0 aliphatic rings. The van der Waals surface area contributed by atoms with E-state index in [4.69, 9.17) is 0 Å². The Morgan fingerprint density at radius 3 is 2.36 bits per heavy atom. The SMILES string of the molecule is O=[SH](=O)Cc1ncc(Br)cn1. The van der Waals surface area contributed by atoms with Crippen molar-refractivity contribution >= 4 is 26.6 Å². The molecule has 4 nitrogen and oxygen atoms in total. The van der Waals surface area contributed by atoms with Gasteiger partial charge in [0.2, 0.25) is 0 Å². The van der Waals surface area contributed by atoms with Crippen molar-refractivity contribution in [3.05, 3.63) is 22.7 Å². The summed E-state index contributed by atoms with van der Waals surface area (Å²) in [5, 5.41) is 0. The Morgan fingerprint density at radius 2 is 1.91 bits per heavy atom. The summed E-state index contributed by atoms with van der Waals surface area (Å²) in [6, 6.07) is 0. The Balaban J connectivity index is 2.82. The summed E-state index contributed by atoms with van der Waals surface area (Å²) in [4.78, 5) is 7.55. The van der Waals surface area contributed by atoms with Gasteiger partial charge in [-0.1, -0.05) is 0 Å². The first-order valence-electron chi connectivity index (χ1n) is 2.76. The minimum atomic E-state index is -2.43. The zero-order chi connectivity index (χ0) is 8.27. The molecular formula is C5H5BrN2O2S. The third-order valence-corrected chi connectivity index (χ3v) is 1.89. The minimum absolute atomic E-state index is 0.0946. The zero-order valence-corrected chi connectivity index (χ0v) is 7.88. The molecule has 1 aromatic rings. The lowest BCUT2D eigenvalue weighted by Gasteiger charge is -1.91. The molecule has 0 aliphatic carbocycles. The lowest BCUT2D eigenvalue weighted by atomic mass is 10.6. The van der Waals surface area contributed by atoms with Crippen molar-refractivity contribution in [1.82, 2.24) is 9.97 Å². The van der Waals surface area contributed by atoms with E-state index in [0.717, 1.165) is 4.47 Å². The molecule has 0 unspecified atom stereocenters. The molecule has 0 bridgehead atoms. The monoisotopic (exact) mass is 236 g/mol. The van der Waals surface area contributed by atoms with Crippen LogP contribution in [0.4, 0.5) is 0 Å². The topological polar surface area (TPSA) is 59.9 Å². The van der Waals surface area contributed by atoms with Gasteiger partial charge in [0, 0.05) is 12.4 Å². The van der Waals surface area contributed by atoms with Crippen LogP contribution < -0.4 is 0 Å². The van der Waals surface area contributed by atoms with Gasteiger partial charge in [0.25, 0.3) is 0 Å². The van der Waals surface area contributed by atoms with Crippen LogP contribution in [0.25, 0.3) is 0 Å². The molecule has 0 saturated heterocycles. The lowest BCUT2D eigenvalue weighted by molar-refractivity contribution is 0.612. The number of rotatable bonds is 2. The maximum Gasteiger partial charge on any atom is 0.147 e. The van der Waals surface area contributed by atoms with Crippen LogP contribution in [0.1, 0.15) is 5.82 Å². The second-order valence-corrected chi connectivity index (χ2v) is 3.71. The minimum Gasteiger partial charge on any atom is -0.239 e. The van der Waals surface area contributed by atoms with E-state index in [-0.39, 0.29) is 5.75 Å². The molecule has 0 atom stereocenters. The highest BCUT2D eigenvalue weighted by Gasteiger charge is 1.96. The molecule has 1 rings (SSSR count). The predicted molar refractivity (Wildman–Crippen MR) is 43.8 cm³/mol. The van der Waals surface area contributed by atoms with E-state index >= 15 is 0 Å². The van der Waals surface area contributed by atoms with Crippen molar-refractivity contribution in [3.8, 4) is 0 Å². The van der Waals surface area contributed by atoms with Gasteiger partial charge in [-0.3, -0.25) is 0 Å². The van der Waals surface area contributed by atoms with Crippen LogP contribution in [0.5, 0.6) is 0 Å². The second kappa shape index (κ2) is 3.77. The lowest BCUT2D eigenvalue weighted by Crippen LogP contribution is -1.94. The largest absolute Gasteiger partial charge is 0.239 e. The maximum absolute atomic E-state index is 10.2. The molecule has 1 aromatic heterocycles. The summed E-state index contributed by atoms with van der Waals surface area (Å²) >= 11 is 3.14. The molecule has 0 amide bonds. The van der Waals surface area contributed by atoms with Crippen molar-refractivity contribution < 1.29 is 8.42 Å². The third kappa shape index (κ3) is 2.94. The van der Waals surface area contributed by atoms with E-state index in [1.165, 1.54) is 12.4 Å². The summed E-state index contributed by atoms with van der Waals surface area (Å²) < 4.78 is 21.1. The summed E-state index contributed by atoms with van der Waals surface area (Å²) in [5.41, 5.74) is 0. The molecule has 0 fully saturated rings. The molecule has 60 valence electrons. The highest BCUT2D eigenvalue weighted by atomic mass is 79.9. The van der Waals surface area contributed by atoms with Gasteiger partial charge in [-0.2, -0.15) is 0 Å². The highest BCUT2D eigenvalue weighted by Crippen LogP contribution is 2.04. The number of hydrogen-bond donors (Lipinski definition) is 1. The van der Waals surface area contributed by atoms with E-state index in [9.17, 15) is 8.42 Å². The van der Waals surface area contributed by atoms with Gasteiger partial charge < -0.3 is 0 Å². The Kier molecular flexibility index (Phi) is 2.95. The van der Waals surface area contributed by atoms with Gasteiger partial charge in [0.1, 0.15) is 22.3 Å². The van der Waals surface area contributed by atoms with E-state index in [2.05, 4.69) is 25.9 Å². The normalized spacial score (nSPS) is 10.4. The van der Waals surface area contributed by atoms with Gasteiger partial charge >= 0.3 is 0 Å². The van der Waals surface area contributed by atoms with Crippen LogP contribution in [0, 0.1) is 0 Å². The Bertz CT molecular complexity index is 301. The molecule has 11 heavy (non-hydrogen) atoms. The molecule has 0 aromatic carbocycles. The molecule has 0 N–H and O–H groups in total. The molecule has 1 heterocycles. The van der Waals surface area contributed by atoms with Gasteiger partial charge in [-0.05, 0) is 15.9 Å². The molecular weight excluding hydrogens is 232 g/mol. The summed E-state index contributed by atoms with van der Waals surface area (Å²) in [5.74, 6) is 0.229. The number of hydrogen-bond acceptors (Lipinski definition) is 4. The van der Waals surface area contributed by atoms with E-state index in [0.29, 0.717) is 5.82 Å². The van der Waals surface area contributed by atoms with Crippen molar-refractivity contribution in [1.29, 1.82) is 0 Å². The van der Waals surface area contributed by atoms with Crippen LogP contribution in [-0.2, 0) is 16.5 Å². The Morgan fingerprint density at radius 1 is 1.36 bits per heavy atom. The number of aromatic nitrogens is 2. The molecule has 0 spiro atoms. The fraction of sp³-hybridized carbons (Fsp3) is 0.200. The van der Waals surface area contributed by atoms with Gasteiger partial charge in [-0.15, -0.1) is 0 Å². The molecule has 0 aliphatic heterocycles. The first-order valence-corrected chi connectivity index (χ1v) is 4.92. The first kappa shape index (κ1) is 8.61. The summed E-state index contributed by atoms with van der Waals surface area (Å²) in [6.07, 6.45) is 3.03. The fourth-order valence-corrected chi connectivity index (χ4v) is 1.14. The van der Waals surface area contributed by atoms with E-state index in [1.807, 2.05) is 0 Å². The van der Waals surface area contributed by atoms with Crippen molar-refractivity contribution in [3.63, 3.8) is 0 Å². The average molecular weight is 237 g/mol. The predicted octanol–water partition coefficient (Wildman–Crippen LogP) is 0.351. The van der Waals surface area contributed by atoms with Gasteiger partial charge in [0.15, 0.2) is 0 Å². The van der Waals surface area contributed by atoms with Crippen LogP contribution in [0.3, 0.4) is 0 Å². The van der Waals surface area contributed by atoms with Crippen molar-refractivity contribution in [2.24, 2.45) is 0 Å². The molecule has 0 saturated carbocycles. The second-order valence-electron chi connectivity index (χ2n) is 1.81. The van der Waals surface area contributed by atoms with Crippen molar-refractivity contribution in [2.75, 3.05) is 0 Å². The van der Waals surface area contributed by atoms with E-state index < -0.39 is 10.7 Å². The summed E-state index contributed by atoms with van der Waals surface area (Å²) in [7, 11) is -2.43. The number of halogens is 1. The smallest absolute Gasteiger partial charge is 0.147 e. The summed E-state index contributed by atoms with van der Waals surface area (Å²) in [6.45, 7) is 0. The maximum atomic E-state index is 10.2. The van der Waals surface area contributed by atoms with E-state index in [1.54, 1.807) is 0 Å². The Hall–Kier alpha value is -0.490. The quantitative estimate of drug-likeness (QED) is 0.754. The highest BCUT2D eigenvalue weighted by molar-refractivity contribution is 9.10. The average Bonchev–Trinajstić information content (AvgIpc) is 1.93. The van der Waals surface area contributed by atoms with Crippen LogP contribution >= 0.6 is 15.9 Å². The zero-order valence-electron chi connectivity index (χ0n) is 5.40.